The van der Waals surface area contributed by atoms with Crippen molar-refractivity contribution >= 4 is 11.7 Å². The number of anilines is 1. The van der Waals surface area contributed by atoms with Crippen molar-refractivity contribution in [1.29, 1.82) is 0 Å². The quantitative estimate of drug-likeness (QED) is 0.919. The van der Waals surface area contributed by atoms with E-state index >= 15 is 0 Å². The molecule has 0 saturated carbocycles. The van der Waals surface area contributed by atoms with Gasteiger partial charge in [0.15, 0.2) is 0 Å². The van der Waals surface area contributed by atoms with Gasteiger partial charge in [0.1, 0.15) is 0 Å². The maximum absolute atomic E-state index is 11.0. The van der Waals surface area contributed by atoms with Crippen molar-refractivity contribution < 1.29 is 14.6 Å². The van der Waals surface area contributed by atoms with E-state index in [-0.39, 0.29) is 5.92 Å². The van der Waals surface area contributed by atoms with E-state index < -0.39 is 5.97 Å². The Morgan fingerprint density at radius 1 is 1.09 bits per heavy atom. The Bertz CT molecular complexity index is 489. The fraction of sp³-hybridized carbons (Fsp3) is 0.588. The van der Waals surface area contributed by atoms with E-state index in [1.165, 1.54) is 11.3 Å². The van der Waals surface area contributed by atoms with Crippen molar-refractivity contribution in [1.82, 2.24) is 4.90 Å². The van der Waals surface area contributed by atoms with Gasteiger partial charge < -0.3 is 14.7 Å². The molecular formula is C17H24N2O3. The molecule has 0 unspecified atom stereocenters. The zero-order valence-electron chi connectivity index (χ0n) is 12.9. The molecule has 2 fully saturated rings. The number of piperidine rings is 1. The van der Waals surface area contributed by atoms with Crippen LogP contribution in [0.1, 0.15) is 18.4 Å². The number of aliphatic carboxylic acids is 1. The van der Waals surface area contributed by atoms with Gasteiger partial charge in [-0.05, 0) is 43.6 Å². The normalized spacial score (nSPS) is 21.0. The third-order valence-electron chi connectivity index (χ3n) is 4.66. The second-order valence-electron chi connectivity index (χ2n) is 6.15. The van der Waals surface area contributed by atoms with E-state index in [0.717, 1.165) is 58.8 Å². The summed E-state index contributed by atoms with van der Waals surface area (Å²) in [5, 5.41) is 9.04. The van der Waals surface area contributed by atoms with Crippen LogP contribution in [0, 0.1) is 5.92 Å². The molecule has 1 aromatic rings. The molecule has 1 aromatic carbocycles. The minimum Gasteiger partial charge on any atom is -0.481 e. The molecule has 2 aliphatic heterocycles. The van der Waals surface area contributed by atoms with Crippen molar-refractivity contribution in [3.05, 3.63) is 29.8 Å². The van der Waals surface area contributed by atoms with Crippen molar-refractivity contribution in [3.63, 3.8) is 0 Å². The molecule has 1 N–H and O–H groups in total. The van der Waals surface area contributed by atoms with Crippen molar-refractivity contribution in [2.24, 2.45) is 5.92 Å². The summed E-state index contributed by atoms with van der Waals surface area (Å²) in [4.78, 5) is 15.7. The molecule has 2 aliphatic rings. The predicted octanol–water partition coefficient (Wildman–Crippen LogP) is 1.82. The van der Waals surface area contributed by atoms with Crippen molar-refractivity contribution in [2.75, 3.05) is 44.3 Å². The smallest absolute Gasteiger partial charge is 0.306 e. The Balaban J connectivity index is 1.52. The highest BCUT2D eigenvalue weighted by molar-refractivity contribution is 5.70. The van der Waals surface area contributed by atoms with Gasteiger partial charge in [-0.25, -0.2) is 0 Å². The number of benzene rings is 1. The maximum Gasteiger partial charge on any atom is 0.306 e. The van der Waals surface area contributed by atoms with E-state index in [2.05, 4.69) is 34.1 Å². The number of hydrogen-bond donors (Lipinski definition) is 1. The number of likely N-dealkylation sites (tertiary alicyclic amines) is 1. The van der Waals surface area contributed by atoms with Gasteiger partial charge in [-0.2, -0.15) is 0 Å². The molecule has 2 saturated heterocycles. The lowest BCUT2D eigenvalue weighted by atomic mass is 9.97. The Kier molecular flexibility index (Phi) is 4.95. The molecule has 0 aliphatic carbocycles. The number of carbonyl (C=O) groups is 1. The monoisotopic (exact) mass is 304 g/mol. The Hall–Kier alpha value is -1.59. The lowest BCUT2D eigenvalue weighted by Crippen LogP contribution is -2.36. The highest BCUT2D eigenvalue weighted by atomic mass is 16.5. The van der Waals surface area contributed by atoms with Gasteiger partial charge in [-0.15, -0.1) is 0 Å². The summed E-state index contributed by atoms with van der Waals surface area (Å²) >= 11 is 0. The largest absolute Gasteiger partial charge is 0.481 e. The summed E-state index contributed by atoms with van der Waals surface area (Å²) in [5.74, 6) is -0.797. The maximum atomic E-state index is 11.0. The van der Waals surface area contributed by atoms with Gasteiger partial charge >= 0.3 is 5.97 Å². The van der Waals surface area contributed by atoms with Crippen molar-refractivity contribution in [3.8, 4) is 0 Å². The van der Waals surface area contributed by atoms with Crippen LogP contribution in [0.2, 0.25) is 0 Å². The number of carboxylic acid groups (broad SMARTS) is 1. The molecule has 0 atom stereocenters. The minimum atomic E-state index is -0.644. The molecule has 120 valence electrons. The average Bonchev–Trinajstić information content (AvgIpc) is 2.57. The molecule has 0 aromatic heterocycles. The first-order chi connectivity index (χ1) is 10.7. The van der Waals surface area contributed by atoms with Gasteiger partial charge in [-0.3, -0.25) is 9.69 Å². The topological polar surface area (TPSA) is 53.0 Å². The molecule has 0 amide bonds. The van der Waals surface area contributed by atoms with Gasteiger partial charge in [0.25, 0.3) is 0 Å². The standard InChI is InChI=1S/C17H24N2O3/c20-17(21)15-5-7-18(8-6-15)13-14-1-3-16(4-2-14)19-9-11-22-12-10-19/h1-4,15H,5-13H2,(H,20,21). The van der Waals surface area contributed by atoms with Gasteiger partial charge in [0, 0.05) is 25.3 Å². The van der Waals surface area contributed by atoms with Crippen LogP contribution >= 0.6 is 0 Å². The highest BCUT2D eigenvalue weighted by Gasteiger charge is 2.24. The second kappa shape index (κ2) is 7.11. The van der Waals surface area contributed by atoms with Crippen LogP contribution in [0.5, 0.6) is 0 Å². The SMILES string of the molecule is O=C(O)C1CCN(Cc2ccc(N3CCOCC3)cc2)CC1. The summed E-state index contributed by atoms with van der Waals surface area (Å²) in [6.07, 6.45) is 1.53. The molecule has 2 heterocycles. The predicted molar refractivity (Wildman–Crippen MR) is 85.1 cm³/mol. The van der Waals surface area contributed by atoms with Crippen LogP contribution in [0.15, 0.2) is 24.3 Å². The van der Waals surface area contributed by atoms with Crippen LogP contribution in [0.3, 0.4) is 0 Å². The Morgan fingerprint density at radius 3 is 2.32 bits per heavy atom. The first-order valence-electron chi connectivity index (χ1n) is 8.09. The molecule has 0 spiro atoms. The first kappa shape index (κ1) is 15.3. The van der Waals surface area contributed by atoms with E-state index in [0.29, 0.717) is 0 Å². The molecule has 5 nitrogen and oxygen atoms in total. The molecule has 0 bridgehead atoms. The van der Waals surface area contributed by atoms with Crippen LogP contribution in [-0.2, 0) is 16.1 Å². The number of morpholine rings is 1. The van der Waals surface area contributed by atoms with Crippen molar-refractivity contribution in [2.45, 2.75) is 19.4 Å². The summed E-state index contributed by atoms with van der Waals surface area (Å²) in [6.45, 7) is 6.20. The Labute approximate surface area is 131 Å². The van der Waals surface area contributed by atoms with Crippen LogP contribution in [0.4, 0.5) is 5.69 Å². The number of ether oxygens (including phenoxy) is 1. The third-order valence-corrected chi connectivity index (χ3v) is 4.66. The number of carboxylic acids is 1. The van der Waals surface area contributed by atoms with Gasteiger partial charge in [0.05, 0.1) is 19.1 Å². The summed E-state index contributed by atoms with van der Waals surface area (Å²) in [6, 6.07) is 8.75. The summed E-state index contributed by atoms with van der Waals surface area (Å²) in [7, 11) is 0. The average molecular weight is 304 g/mol. The minimum absolute atomic E-state index is 0.153. The van der Waals surface area contributed by atoms with E-state index in [1.54, 1.807) is 0 Å². The number of hydrogen-bond acceptors (Lipinski definition) is 4. The van der Waals surface area contributed by atoms with Gasteiger partial charge in [-0.1, -0.05) is 12.1 Å². The molecule has 3 rings (SSSR count). The fourth-order valence-corrected chi connectivity index (χ4v) is 3.23. The van der Waals surface area contributed by atoms with E-state index in [1.807, 2.05) is 0 Å². The summed E-state index contributed by atoms with van der Waals surface area (Å²) in [5.41, 5.74) is 2.56. The van der Waals surface area contributed by atoms with E-state index in [9.17, 15) is 4.79 Å². The molecule has 0 radical (unpaired) electrons. The third kappa shape index (κ3) is 3.78. The lowest BCUT2D eigenvalue weighted by Gasteiger charge is -2.31. The van der Waals surface area contributed by atoms with Crippen LogP contribution in [-0.4, -0.2) is 55.4 Å². The number of rotatable bonds is 4. The van der Waals surface area contributed by atoms with Crippen LogP contribution < -0.4 is 4.90 Å². The van der Waals surface area contributed by atoms with E-state index in [4.69, 9.17) is 9.84 Å². The molecule has 22 heavy (non-hydrogen) atoms. The lowest BCUT2D eigenvalue weighted by molar-refractivity contribution is -0.143. The summed E-state index contributed by atoms with van der Waals surface area (Å²) < 4.78 is 5.38. The van der Waals surface area contributed by atoms with Gasteiger partial charge in [0.2, 0.25) is 0 Å². The second-order valence-corrected chi connectivity index (χ2v) is 6.15. The van der Waals surface area contributed by atoms with Crippen LogP contribution in [0.25, 0.3) is 0 Å². The molecular weight excluding hydrogens is 280 g/mol. The Morgan fingerprint density at radius 2 is 1.73 bits per heavy atom. The molecule has 5 heteroatoms. The fourth-order valence-electron chi connectivity index (χ4n) is 3.23. The zero-order chi connectivity index (χ0) is 15.4. The first-order valence-corrected chi connectivity index (χ1v) is 8.09. The zero-order valence-corrected chi connectivity index (χ0v) is 12.9. The highest BCUT2D eigenvalue weighted by Crippen LogP contribution is 2.21. The number of nitrogens with zero attached hydrogens (tertiary/aromatic N) is 2.